The van der Waals surface area contributed by atoms with Crippen molar-refractivity contribution in [3.8, 4) is 5.75 Å². The molecule has 0 aromatic heterocycles. The number of nitrogen functional groups attached to an aromatic ring is 1. The lowest BCUT2D eigenvalue weighted by atomic mass is 10.1. The Balaban J connectivity index is 1.88. The molecule has 2 N–H and O–H groups in total. The molecule has 0 spiro atoms. The molecule has 1 aromatic rings. The largest absolute Gasteiger partial charge is 0.490 e. The van der Waals surface area contributed by atoms with E-state index in [4.69, 9.17) is 19.9 Å². The molecule has 23 heavy (non-hydrogen) atoms. The normalized spacial score (nSPS) is 15.4. The molecule has 1 aliphatic rings. The highest BCUT2D eigenvalue weighted by atomic mass is 19.1. The van der Waals surface area contributed by atoms with Crippen LogP contribution >= 0.6 is 0 Å². The number of carbonyl (C=O) groups excluding carboxylic acids is 1. The summed E-state index contributed by atoms with van der Waals surface area (Å²) in [4.78, 5) is 14.0. The molecule has 128 valence electrons. The standard InChI is InChI=1S/C16H23FN2O4/c1-2-22-16(20)12-10-15(13(17)11-14(12)18)23-7-3-4-19-5-8-21-9-6-19/h10-11H,2-9,18H2,1H3. The molecule has 1 aromatic carbocycles. The molecular formula is C16H23FN2O4. The first-order chi connectivity index (χ1) is 11.1. The number of nitrogens with two attached hydrogens (primary N) is 1. The van der Waals surface area contributed by atoms with Crippen molar-refractivity contribution in [2.75, 3.05) is 51.8 Å². The number of benzene rings is 1. The van der Waals surface area contributed by atoms with Gasteiger partial charge in [0.1, 0.15) is 0 Å². The highest BCUT2D eigenvalue weighted by Crippen LogP contribution is 2.25. The average molecular weight is 326 g/mol. The second-order valence-electron chi connectivity index (χ2n) is 5.25. The summed E-state index contributed by atoms with van der Waals surface area (Å²) >= 11 is 0. The van der Waals surface area contributed by atoms with Crippen molar-refractivity contribution in [3.63, 3.8) is 0 Å². The van der Waals surface area contributed by atoms with Gasteiger partial charge < -0.3 is 19.9 Å². The van der Waals surface area contributed by atoms with Gasteiger partial charge in [0.2, 0.25) is 0 Å². The molecule has 1 heterocycles. The van der Waals surface area contributed by atoms with Gasteiger partial charge in [-0.1, -0.05) is 0 Å². The van der Waals surface area contributed by atoms with E-state index in [0.717, 1.165) is 45.3 Å². The molecule has 7 heteroatoms. The fourth-order valence-corrected chi connectivity index (χ4v) is 2.36. The van der Waals surface area contributed by atoms with Crippen LogP contribution in [0.5, 0.6) is 5.75 Å². The fourth-order valence-electron chi connectivity index (χ4n) is 2.36. The molecule has 0 atom stereocenters. The Labute approximate surface area is 135 Å². The lowest BCUT2D eigenvalue weighted by molar-refractivity contribution is 0.0357. The monoisotopic (exact) mass is 326 g/mol. The van der Waals surface area contributed by atoms with Gasteiger partial charge in [-0.25, -0.2) is 9.18 Å². The van der Waals surface area contributed by atoms with Crippen LogP contribution in [0.15, 0.2) is 12.1 Å². The number of halogens is 1. The van der Waals surface area contributed by atoms with Crippen LogP contribution in [-0.2, 0) is 9.47 Å². The first kappa shape index (κ1) is 17.5. The number of rotatable bonds is 7. The number of anilines is 1. The summed E-state index contributed by atoms with van der Waals surface area (Å²) in [5.41, 5.74) is 5.82. The van der Waals surface area contributed by atoms with Gasteiger partial charge in [0.15, 0.2) is 11.6 Å². The maximum atomic E-state index is 13.9. The van der Waals surface area contributed by atoms with Gasteiger partial charge in [-0.05, 0) is 19.4 Å². The summed E-state index contributed by atoms with van der Waals surface area (Å²) in [5, 5.41) is 0. The van der Waals surface area contributed by atoms with Crippen molar-refractivity contribution in [3.05, 3.63) is 23.5 Å². The van der Waals surface area contributed by atoms with E-state index in [0.29, 0.717) is 6.61 Å². The van der Waals surface area contributed by atoms with Crippen molar-refractivity contribution >= 4 is 11.7 Å². The zero-order chi connectivity index (χ0) is 16.7. The van der Waals surface area contributed by atoms with Crippen molar-refractivity contribution in [1.82, 2.24) is 4.90 Å². The van der Waals surface area contributed by atoms with E-state index in [-0.39, 0.29) is 23.6 Å². The molecule has 6 nitrogen and oxygen atoms in total. The van der Waals surface area contributed by atoms with E-state index >= 15 is 0 Å². The molecule has 0 radical (unpaired) electrons. The number of ether oxygens (including phenoxy) is 3. The predicted molar refractivity (Wildman–Crippen MR) is 84.1 cm³/mol. The van der Waals surface area contributed by atoms with Crippen LogP contribution in [0.3, 0.4) is 0 Å². The van der Waals surface area contributed by atoms with Crippen LogP contribution in [0, 0.1) is 5.82 Å². The zero-order valence-electron chi connectivity index (χ0n) is 13.3. The number of esters is 1. The average Bonchev–Trinajstić information content (AvgIpc) is 2.54. The van der Waals surface area contributed by atoms with Crippen molar-refractivity contribution in [2.45, 2.75) is 13.3 Å². The lowest BCUT2D eigenvalue weighted by Gasteiger charge is -2.26. The number of morpholine rings is 1. The smallest absolute Gasteiger partial charge is 0.340 e. The number of nitrogens with zero attached hydrogens (tertiary/aromatic N) is 1. The second-order valence-corrected chi connectivity index (χ2v) is 5.25. The Morgan fingerprint density at radius 3 is 2.83 bits per heavy atom. The number of hydrogen-bond acceptors (Lipinski definition) is 6. The summed E-state index contributed by atoms with van der Waals surface area (Å²) in [6.45, 7) is 6.45. The first-order valence-electron chi connectivity index (χ1n) is 7.81. The van der Waals surface area contributed by atoms with Gasteiger partial charge in [0, 0.05) is 31.4 Å². The Morgan fingerprint density at radius 1 is 1.39 bits per heavy atom. The van der Waals surface area contributed by atoms with Gasteiger partial charge >= 0.3 is 5.97 Å². The molecule has 0 aliphatic carbocycles. The van der Waals surface area contributed by atoms with Crippen LogP contribution in [0.25, 0.3) is 0 Å². The Bertz CT molecular complexity index is 533. The third-order valence-corrected chi connectivity index (χ3v) is 3.58. The van der Waals surface area contributed by atoms with E-state index < -0.39 is 11.8 Å². The van der Waals surface area contributed by atoms with E-state index in [1.54, 1.807) is 6.92 Å². The van der Waals surface area contributed by atoms with Gasteiger partial charge in [-0.2, -0.15) is 0 Å². The minimum absolute atomic E-state index is 0.0178. The SMILES string of the molecule is CCOC(=O)c1cc(OCCCN2CCOCC2)c(F)cc1N. The van der Waals surface area contributed by atoms with Crippen LogP contribution in [-0.4, -0.2) is 56.9 Å². The molecule has 1 fully saturated rings. The molecule has 1 aliphatic heterocycles. The summed E-state index contributed by atoms with van der Waals surface area (Å²) in [6, 6.07) is 2.39. The van der Waals surface area contributed by atoms with Gasteiger partial charge in [0.25, 0.3) is 0 Å². The highest BCUT2D eigenvalue weighted by Gasteiger charge is 2.16. The van der Waals surface area contributed by atoms with Gasteiger partial charge in [0.05, 0.1) is 32.0 Å². The lowest BCUT2D eigenvalue weighted by Crippen LogP contribution is -2.37. The molecule has 0 amide bonds. The predicted octanol–water partition coefficient (Wildman–Crippen LogP) is 1.69. The fraction of sp³-hybridized carbons (Fsp3) is 0.562. The van der Waals surface area contributed by atoms with Gasteiger partial charge in [-0.3, -0.25) is 4.90 Å². The summed E-state index contributed by atoms with van der Waals surface area (Å²) in [6.07, 6.45) is 0.762. The van der Waals surface area contributed by atoms with Crippen LogP contribution in [0.2, 0.25) is 0 Å². The van der Waals surface area contributed by atoms with E-state index in [2.05, 4.69) is 4.90 Å². The van der Waals surface area contributed by atoms with Crippen LogP contribution in [0.4, 0.5) is 10.1 Å². The van der Waals surface area contributed by atoms with E-state index in [1.165, 1.54) is 6.07 Å². The summed E-state index contributed by atoms with van der Waals surface area (Å²) < 4.78 is 29.5. The summed E-state index contributed by atoms with van der Waals surface area (Å²) in [7, 11) is 0. The zero-order valence-corrected chi connectivity index (χ0v) is 13.3. The molecule has 1 saturated heterocycles. The van der Waals surface area contributed by atoms with Crippen molar-refractivity contribution in [1.29, 1.82) is 0 Å². The highest BCUT2D eigenvalue weighted by molar-refractivity contribution is 5.95. The Hall–Kier alpha value is -1.86. The maximum Gasteiger partial charge on any atom is 0.340 e. The molecular weight excluding hydrogens is 303 g/mol. The van der Waals surface area contributed by atoms with Crippen LogP contribution in [0.1, 0.15) is 23.7 Å². The quantitative estimate of drug-likeness (QED) is 0.467. The second kappa shape index (κ2) is 8.69. The van der Waals surface area contributed by atoms with Crippen molar-refractivity contribution < 1.29 is 23.4 Å². The van der Waals surface area contributed by atoms with E-state index in [9.17, 15) is 9.18 Å². The minimum Gasteiger partial charge on any atom is -0.490 e. The third kappa shape index (κ3) is 5.07. The molecule has 0 bridgehead atoms. The van der Waals surface area contributed by atoms with Crippen molar-refractivity contribution in [2.24, 2.45) is 0 Å². The Kier molecular flexibility index (Phi) is 6.61. The minimum atomic E-state index is -0.582. The Morgan fingerprint density at radius 2 is 2.13 bits per heavy atom. The molecule has 0 saturated carbocycles. The maximum absolute atomic E-state index is 13.9. The van der Waals surface area contributed by atoms with E-state index in [1.807, 2.05) is 0 Å². The van der Waals surface area contributed by atoms with Crippen LogP contribution < -0.4 is 10.5 Å². The number of hydrogen-bond donors (Lipinski definition) is 1. The topological polar surface area (TPSA) is 74.0 Å². The van der Waals surface area contributed by atoms with Gasteiger partial charge in [-0.15, -0.1) is 0 Å². The molecule has 0 unspecified atom stereocenters. The first-order valence-corrected chi connectivity index (χ1v) is 7.81. The number of carbonyl (C=O) groups is 1. The molecule has 2 rings (SSSR count). The third-order valence-electron chi connectivity index (χ3n) is 3.58. The summed E-state index contributed by atoms with van der Waals surface area (Å²) in [5.74, 6) is -1.14.